The van der Waals surface area contributed by atoms with Gasteiger partial charge < -0.3 is 9.64 Å². The molecule has 3 rings (SSSR count). The molecule has 0 radical (unpaired) electrons. The van der Waals surface area contributed by atoms with Gasteiger partial charge in [0.05, 0.1) is 6.54 Å². The lowest BCUT2D eigenvalue weighted by Crippen LogP contribution is -2.36. The second-order valence-corrected chi connectivity index (χ2v) is 5.85. The number of benzene rings is 2. The lowest BCUT2D eigenvalue weighted by Gasteiger charge is -2.22. The van der Waals surface area contributed by atoms with Crippen LogP contribution in [0.4, 0.5) is 8.78 Å². The number of halogens is 2. The van der Waals surface area contributed by atoms with Gasteiger partial charge in [0.25, 0.3) is 5.91 Å². The summed E-state index contributed by atoms with van der Waals surface area (Å²) in [6.07, 6.45) is -0.187. The number of carbonyl (C=O) groups excluding carboxylic acids is 1. The average molecular weight is 317 g/mol. The molecule has 5 heteroatoms. The Morgan fingerprint density at radius 3 is 2.70 bits per heavy atom. The first kappa shape index (κ1) is 15.5. The number of fused-ring (bicyclic) bond motifs is 1. The van der Waals surface area contributed by atoms with E-state index in [1.807, 2.05) is 32.0 Å². The highest BCUT2D eigenvalue weighted by Crippen LogP contribution is 2.27. The fraction of sp³-hybridized carbons (Fsp3) is 0.278. The van der Waals surface area contributed by atoms with E-state index in [2.05, 4.69) is 0 Å². The SMILES string of the molecule is Cc1ccc2c(c1)CN(C(=O)c1ccc(F)c(F)c1)C[C@H](C)O2. The predicted molar refractivity (Wildman–Crippen MR) is 82.4 cm³/mol. The largest absolute Gasteiger partial charge is 0.489 e. The quantitative estimate of drug-likeness (QED) is 0.803. The van der Waals surface area contributed by atoms with Crippen molar-refractivity contribution in [2.24, 2.45) is 0 Å². The zero-order chi connectivity index (χ0) is 16.6. The molecule has 120 valence electrons. The molecule has 1 aliphatic heterocycles. The molecular weight excluding hydrogens is 300 g/mol. The van der Waals surface area contributed by atoms with Crippen molar-refractivity contribution in [1.29, 1.82) is 0 Å². The number of amides is 1. The molecule has 1 heterocycles. The van der Waals surface area contributed by atoms with Gasteiger partial charge in [-0.2, -0.15) is 0 Å². The minimum Gasteiger partial charge on any atom is -0.489 e. The van der Waals surface area contributed by atoms with Crippen LogP contribution in [0.1, 0.15) is 28.4 Å². The average Bonchev–Trinajstić information content (AvgIpc) is 2.67. The molecule has 1 aliphatic rings. The van der Waals surface area contributed by atoms with Crippen LogP contribution in [0.5, 0.6) is 5.75 Å². The maximum absolute atomic E-state index is 13.4. The van der Waals surface area contributed by atoms with E-state index in [1.54, 1.807) is 4.90 Å². The topological polar surface area (TPSA) is 29.5 Å². The molecule has 0 fully saturated rings. The Bertz CT molecular complexity index is 761. The number of carbonyl (C=O) groups is 1. The van der Waals surface area contributed by atoms with Gasteiger partial charge in [0.2, 0.25) is 0 Å². The van der Waals surface area contributed by atoms with E-state index in [4.69, 9.17) is 4.74 Å². The van der Waals surface area contributed by atoms with E-state index in [0.29, 0.717) is 13.1 Å². The highest BCUT2D eigenvalue weighted by atomic mass is 19.2. The number of ether oxygens (including phenoxy) is 1. The maximum Gasteiger partial charge on any atom is 0.254 e. The highest BCUT2D eigenvalue weighted by Gasteiger charge is 2.25. The van der Waals surface area contributed by atoms with E-state index in [0.717, 1.165) is 29.0 Å². The Labute approximate surface area is 133 Å². The van der Waals surface area contributed by atoms with Crippen LogP contribution in [-0.4, -0.2) is 23.5 Å². The van der Waals surface area contributed by atoms with Crippen LogP contribution in [0.15, 0.2) is 36.4 Å². The molecule has 0 N–H and O–H groups in total. The minimum absolute atomic E-state index is 0.132. The first-order valence-electron chi connectivity index (χ1n) is 7.44. The van der Waals surface area contributed by atoms with Gasteiger partial charge in [-0.25, -0.2) is 8.78 Å². The molecular formula is C18H17F2NO2. The molecule has 0 saturated heterocycles. The zero-order valence-electron chi connectivity index (χ0n) is 13.0. The third-order valence-electron chi connectivity index (χ3n) is 3.84. The third kappa shape index (κ3) is 3.18. The Hall–Kier alpha value is -2.43. The normalized spacial score (nSPS) is 17.2. The molecule has 2 aromatic carbocycles. The van der Waals surface area contributed by atoms with Crippen LogP contribution in [0.25, 0.3) is 0 Å². The molecule has 0 bridgehead atoms. The standard InChI is InChI=1S/C18H17F2NO2/c1-11-3-6-17-14(7-11)10-21(9-12(2)23-17)18(22)13-4-5-15(19)16(20)8-13/h3-8,12H,9-10H2,1-2H3/t12-/m0/s1. The summed E-state index contributed by atoms with van der Waals surface area (Å²) in [5, 5.41) is 0. The molecule has 3 nitrogen and oxygen atoms in total. The summed E-state index contributed by atoms with van der Waals surface area (Å²) in [5.74, 6) is -1.57. The zero-order valence-corrected chi connectivity index (χ0v) is 13.0. The van der Waals surface area contributed by atoms with E-state index in [-0.39, 0.29) is 17.6 Å². The number of hydrogen-bond donors (Lipinski definition) is 0. The fourth-order valence-corrected chi connectivity index (χ4v) is 2.75. The molecule has 0 saturated carbocycles. The number of hydrogen-bond acceptors (Lipinski definition) is 2. The summed E-state index contributed by atoms with van der Waals surface area (Å²) in [6.45, 7) is 4.60. The molecule has 0 spiro atoms. The van der Waals surface area contributed by atoms with Crippen LogP contribution >= 0.6 is 0 Å². The van der Waals surface area contributed by atoms with Crippen LogP contribution in [-0.2, 0) is 6.54 Å². The lowest BCUT2D eigenvalue weighted by atomic mass is 10.1. The lowest BCUT2D eigenvalue weighted by molar-refractivity contribution is 0.0690. The highest BCUT2D eigenvalue weighted by molar-refractivity contribution is 5.94. The van der Waals surface area contributed by atoms with Gasteiger partial charge in [0.1, 0.15) is 11.9 Å². The van der Waals surface area contributed by atoms with E-state index >= 15 is 0 Å². The smallest absolute Gasteiger partial charge is 0.254 e. The Morgan fingerprint density at radius 2 is 1.96 bits per heavy atom. The number of rotatable bonds is 1. The Kier molecular flexibility index (Phi) is 4.03. The summed E-state index contributed by atoms with van der Waals surface area (Å²) in [4.78, 5) is 14.2. The molecule has 1 amide bonds. The van der Waals surface area contributed by atoms with Crippen molar-refractivity contribution in [3.8, 4) is 5.75 Å². The predicted octanol–water partition coefficient (Wildman–Crippen LogP) is 3.70. The monoisotopic (exact) mass is 317 g/mol. The van der Waals surface area contributed by atoms with E-state index < -0.39 is 11.6 Å². The van der Waals surface area contributed by atoms with E-state index in [1.165, 1.54) is 6.07 Å². The molecule has 0 aliphatic carbocycles. The van der Waals surface area contributed by atoms with Crippen molar-refractivity contribution in [2.45, 2.75) is 26.5 Å². The number of nitrogens with zero attached hydrogens (tertiary/aromatic N) is 1. The van der Waals surface area contributed by atoms with Gasteiger partial charge >= 0.3 is 0 Å². The van der Waals surface area contributed by atoms with Crippen molar-refractivity contribution in [3.05, 3.63) is 64.7 Å². The summed E-state index contributed by atoms with van der Waals surface area (Å²) in [6, 6.07) is 9.03. The summed E-state index contributed by atoms with van der Waals surface area (Å²) in [7, 11) is 0. The molecule has 2 aromatic rings. The second-order valence-electron chi connectivity index (χ2n) is 5.85. The van der Waals surface area contributed by atoms with Crippen LogP contribution in [0, 0.1) is 18.6 Å². The van der Waals surface area contributed by atoms with Crippen molar-refractivity contribution in [3.63, 3.8) is 0 Å². The summed E-state index contributed by atoms with van der Waals surface area (Å²) < 4.78 is 32.3. The summed E-state index contributed by atoms with van der Waals surface area (Å²) >= 11 is 0. The second kappa shape index (κ2) is 5.99. The van der Waals surface area contributed by atoms with Crippen LogP contribution in [0.3, 0.4) is 0 Å². The molecule has 0 unspecified atom stereocenters. The first-order chi connectivity index (χ1) is 10.9. The maximum atomic E-state index is 13.4. The van der Waals surface area contributed by atoms with Gasteiger partial charge in [0, 0.05) is 17.7 Å². The fourth-order valence-electron chi connectivity index (χ4n) is 2.75. The van der Waals surface area contributed by atoms with Crippen molar-refractivity contribution < 1.29 is 18.3 Å². The van der Waals surface area contributed by atoms with Gasteiger partial charge in [0.15, 0.2) is 11.6 Å². The third-order valence-corrected chi connectivity index (χ3v) is 3.84. The first-order valence-corrected chi connectivity index (χ1v) is 7.44. The van der Waals surface area contributed by atoms with Crippen LogP contribution in [0.2, 0.25) is 0 Å². The van der Waals surface area contributed by atoms with Crippen LogP contribution < -0.4 is 4.74 Å². The van der Waals surface area contributed by atoms with Gasteiger partial charge in [-0.3, -0.25) is 4.79 Å². The Morgan fingerprint density at radius 1 is 1.17 bits per heavy atom. The molecule has 23 heavy (non-hydrogen) atoms. The van der Waals surface area contributed by atoms with Gasteiger partial charge in [-0.1, -0.05) is 17.7 Å². The van der Waals surface area contributed by atoms with E-state index in [9.17, 15) is 13.6 Å². The molecule has 0 aromatic heterocycles. The van der Waals surface area contributed by atoms with Gasteiger partial charge in [-0.15, -0.1) is 0 Å². The Balaban J connectivity index is 1.92. The minimum atomic E-state index is -1.02. The number of aryl methyl sites for hydroxylation is 1. The van der Waals surface area contributed by atoms with Crippen molar-refractivity contribution >= 4 is 5.91 Å². The summed E-state index contributed by atoms with van der Waals surface area (Å²) in [5.41, 5.74) is 2.11. The van der Waals surface area contributed by atoms with Crippen molar-refractivity contribution in [2.75, 3.05) is 6.54 Å². The molecule has 1 atom stereocenters. The van der Waals surface area contributed by atoms with Crippen molar-refractivity contribution in [1.82, 2.24) is 4.90 Å². The van der Waals surface area contributed by atoms with Gasteiger partial charge in [-0.05, 0) is 38.1 Å².